The molecule has 0 heterocycles. The SMILES string of the molecule is CC(C)=CCN(Cc1ccccc1)P(=O)(N(C)C)N(C)C. The molecule has 21 heavy (non-hydrogen) atoms. The highest BCUT2D eigenvalue weighted by molar-refractivity contribution is 7.56. The van der Waals surface area contributed by atoms with Gasteiger partial charge in [-0.2, -0.15) is 0 Å². The maximum Gasteiger partial charge on any atom is 0.286 e. The Bertz CT molecular complexity index is 496. The average Bonchev–Trinajstić information content (AvgIpc) is 2.42. The lowest BCUT2D eigenvalue weighted by Crippen LogP contribution is -2.34. The summed E-state index contributed by atoms with van der Waals surface area (Å²) in [7, 11) is 4.77. The van der Waals surface area contributed by atoms with Gasteiger partial charge in [-0.3, -0.25) is 4.57 Å². The standard InChI is InChI=1S/C16H28N3OP/c1-15(2)12-13-19(14-16-10-8-7-9-11-16)21(20,17(3)4)18(5)6/h7-12H,13-14H2,1-6H3. The minimum atomic E-state index is -2.74. The number of rotatable bonds is 7. The summed E-state index contributed by atoms with van der Waals surface area (Å²) < 4.78 is 19.2. The molecule has 5 heteroatoms. The van der Waals surface area contributed by atoms with E-state index in [1.165, 1.54) is 11.1 Å². The molecule has 0 saturated carbocycles. The summed E-state index contributed by atoms with van der Waals surface area (Å²) in [6, 6.07) is 10.2. The van der Waals surface area contributed by atoms with Crippen molar-refractivity contribution in [3.63, 3.8) is 0 Å². The molecule has 0 amide bonds. The fourth-order valence-electron chi connectivity index (χ4n) is 2.21. The van der Waals surface area contributed by atoms with E-state index in [1.807, 2.05) is 55.7 Å². The molecule has 0 aromatic heterocycles. The van der Waals surface area contributed by atoms with Gasteiger partial charge >= 0.3 is 0 Å². The summed E-state index contributed by atoms with van der Waals surface area (Å²) in [4.78, 5) is 0. The predicted molar refractivity (Wildman–Crippen MR) is 91.3 cm³/mol. The van der Waals surface area contributed by atoms with E-state index in [0.29, 0.717) is 13.1 Å². The van der Waals surface area contributed by atoms with E-state index < -0.39 is 7.59 Å². The van der Waals surface area contributed by atoms with Crippen LogP contribution in [0.4, 0.5) is 0 Å². The van der Waals surface area contributed by atoms with Crippen LogP contribution < -0.4 is 0 Å². The molecule has 1 aromatic rings. The minimum absolute atomic E-state index is 0.665. The quantitative estimate of drug-likeness (QED) is 0.567. The van der Waals surface area contributed by atoms with Gasteiger partial charge in [0.1, 0.15) is 0 Å². The Labute approximate surface area is 129 Å². The Kier molecular flexibility index (Phi) is 6.82. The molecule has 0 bridgehead atoms. The Morgan fingerprint density at radius 1 is 1.05 bits per heavy atom. The third kappa shape index (κ3) is 4.79. The van der Waals surface area contributed by atoms with Gasteiger partial charge in [-0.15, -0.1) is 0 Å². The molecule has 1 rings (SSSR count). The summed E-state index contributed by atoms with van der Waals surface area (Å²) in [5.41, 5.74) is 2.40. The molecule has 0 radical (unpaired) electrons. The molecule has 0 spiro atoms. The third-order valence-corrected chi connectivity index (χ3v) is 6.45. The number of benzene rings is 1. The maximum atomic E-state index is 13.5. The lowest BCUT2D eigenvalue weighted by Gasteiger charge is -2.39. The van der Waals surface area contributed by atoms with Crippen LogP contribution in [0.25, 0.3) is 0 Å². The summed E-state index contributed by atoms with van der Waals surface area (Å²) in [6.07, 6.45) is 2.13. The monoisotopic (exact) mass is 309 g/mol. The first-order chi connectivity index (χ1) is 9.78. The zero-order valence-corrected chi connectivity index (χ0v) is 15.0. The van der Waals surface area contributed by atoms with Gasteiger partial charge in [0, 0.05) is 13.1 Å². The third-order valence-electron chi connectivity index (χ3n) is 3.33. The highest BCUT2D eigenvalue weighted by Gasteiger charge is 2.35. The van der Waals surface area contributed by atoms with E-state index in [9.17, 15) is 4.57 Å². The van der Waals surface area contributed by atoms with Crippen LogP contribution in [0.2, 0.25) is 0 Å². The molecule has 4 nitrogen and oxygen atoms in total. The highest BCUT2D eigenvalue weighted by atomic mass is 31.2. The molecule has 0 aliphatic heterocycles. The van der Waals surface area contributed by atoms with Crippen LogP contribution >= 0.6 is 7.59 Å². The van der Waals surface area contributed by atoms with Crippen LogP contribution in [0.1, 0.15) is 19.4 Å². The van der Waals surface area contributed by atoms with Gasteiger partial charge in [-0.25, -0.2) is 14.0 Å². The van der Waals surface area contributed by atoms with Crippen molar-refractivity contribution in [1.82, 2.24) is 14.0 Å². The molecule has 0 aliphatic rings. The van der Waals surface area contributed by atoms with Crippen LogP contribution in [-0.4, -0.2) is 48.7 Å². The second kappa shape index (κ2) is 7.90. The van der Waals surface area contributed by atoms with Crippen molar-refractivity contribution in [2.75, 3.05) is 34.7 Å². The van der Waals surface area contributed by atoms with Gasteiger partial charge in [-0.1, -0.05) is 42.0 Å². The molecule has 0 aliphatic carbocycles. The van der Waals surface area contributed by atoms with E-state index in [4.69, 9.17) is 0 Å². The molecule has 118 valence electrons. The first kappa shape index (κ1) is 18.1. The molecular weight excluding hydrogens is 281 g/mol. The van der Waals surface area contributed by atoms with Crippen molar-refractivity contribution in [3.05, 3.63) is 47.5 Å². The number of nitrogens with zero attached hydrogens (tertiary/aromatic N) is 3. The minimum Gasteiger partial charge on any atom is -0.270 e. The summed E-state index contributed by atoms with van der Waals surface area (Å²) >= 11 is 0. The van der Waals surface area contributed by atoms with Crippen LogP contribution in [-0.2, 0) is 11.1 Å². The largest absolute Gasteiger partial charge is 0.286 e. The van der Waals surface area contributed by atoms with Gasteiger partial charge in [0.2, 0.25) is 0 Å². The second-order valence-electron chi connectivity index (χ2n) is 5.82. The van der Waals surface area contributed by atoms with Crippen LogP contribution in [0.5, 0.6) is 0 Å². The van der Waals surface area contributed by atoms with E-state index >= 15 is 0 Å². The normalized spacial score (nSPS) is 12.2. The van der Waals surface area contributed by atoms with Gasteiger partial charge in [-0.05, 0) is 47.6 Å². The van der Waals surface area contributed by atoms with E-state index in [-0.39, 0.29) is 0 Å². The molecular formula is C16H28N3OP. The average molecular weight is 309 g/mol. The Balaban J connectivity index is 3.12. The van der Waals surface area contributed by atoms with E-state index in [0.717, 1.165) is 0 Å². The zero-order valence-electron chi connectivity index (χ0n) is 14.1. The number of hydrogen-bond acceptors (Lipinski definition) is 1. The van der Waals surface area contributed by atoms with Gasteiger partial charge in [0.25, 0.3) is 7.59 Å². The number of allylic oxidation sites excluding steroid dienone is 1. The molecule has 0 N–H and O–H groups in total. The molecule has 0 unspecified atom stereocenters. The van der Waals surface area contributed by atoms with Gasteiger partial charge in [0.15, 0.2) is 0 Å². The first-order valence-corrected chi connectivity index (χ1v) is 8.73. The molecule has 1 aromatic carbocycles. The van der Waals surface area contributed by atoms with Gasteiger partial charge < -0.3 is 0 Å². The van der Waals surface area contributed by atoms with Crippen LogP contribution in [0.15, 0.2) is 42.0 Å². The Morgan fingerprint density at radius 3 is 2.00 bits per heavy atom. The van der Waals surface area contributed by atoms with E-state index in [1.54, 1.807) is 0 Å². The second-order valence-corrected chi connectivity index (χ2v) is 9.01. The zero-order chi connectivity index (χ0) is 16.0. The Hall–Kier alpha value is -0.930. The topological polar surface area (TPSA) is 26.8 Å². The van der Waals surface area contributed by atoms with Crippen molar-refractivity contribution >= 4 is 7.59 Å². The lowest BCUT2D eigenvalue weighted by molar-refractivity contribution is 0.338. The smallest absolute Gasteiger partial charge is 0.270 e. The summed E-state index contributed by atoms with van der Waals surface area (Å²) in [6.45, 7) is 5.47. The first-order valence-electron chi connectivity index (χ1n) is 7.17. The lowest BCUT2D eigenvalue weighted by atomic mass is 10.2. The van der Waals surface area contributed by atoms with Crippen molar-refractivity contribution in [3.8, 4) is 0 Å². The van der Waals surface area contributed by atoms with Crippen molar-refractivity contribution in [2.24, 2.45) is 0 Å². The predicted octanol–water partition coefficient (Wildman–Crippen LogP) is 3.69. The fourth-order valence-corrected chi connectivity index (χ4v) is 4.58. The van der Waals surface area contributed by atoms with Crippen molar-refractivity contribution in [1.29, 1.82) is 0 Å². The summed E-state index contributed by atoms with van der Waals surface area (Å²) in [5, 5.41) is 0. The summed E-state index contributed by atoms with van der Waals surface area (Å²) in [5.74, 6) is 0. The van der Waals surface area contributed by atoms with Crippen molar-refractivity contribution in [2.45, 2.75) is 20.4 Å². The Morgan fingerprint density at radius 2 is 1.57 bits per heavy atom. The van der Waals surface area contributed by atoms with Crippen LogP contribution in [0.3, 0.4) is 0 Å². The molecule has 0 saturated heterocycles. The number of hydrogen-bond donors (Lipinski definition) is 0. The highest BCUT2D eigenvalue weighted by Crippen LogP contribution is 2.53. The van der Waals surface area contributed by atoms with E-state index in [2.05, 4.69) is 36.7 Å². The van der Waals surface area contributed by atoms with Gasteiger partial charge in [0.05, 0.1) is 0 Å². The fraction of sp³-hybridized carbons (Fsp3) is 0.500. The van der Waals surface area contributed by atoms with Crippen LogP contribution in [0, 0.1) is 0 Å². The maximum absolute atomic E-state index is 13.5. The molecule has 0 atom stereocenters. The van der Waals surface area contributed by atoms with Crippen molar-refractivity contribution < 1.29 is 4.57 Å². The molecule has 0 fully saturated rings.